The van der Waals surface area contributed by atoms with Crippen molar-refractivity contribution in [2.45, 2.75) is 35.5 Å². The molecule has 3 aliphatic rings. The molecule has 2 saturated heterocycles. The number of ether oxygens (including phenoxy) is 1. The van der Waals surface area contributed by atoms with Crippen molar-refractivity contribution >= 4 is 62.4 Å². The summed E-state index contributed by atoms with van der Waals surface area (Å²) < 4.78 is 6.85. The molecule has 196 valence electrons. The van der Waals surface area contributed by atoms with E-state index in [1.165, 1.54) is 16.7 Å². The number of aromatic nitrogens is 1. The molecule has 11 heteroatoms. The van der Waals surface area contributed by atoms with Gasteiger partial charge in [0.15, 0.2) is 6.61 Å². The minimum atomic E-state index is -0.735. The minimum absolute atomic E-state index is 0.0787. The first kappa shape index (κ1) is 25.4. The topological polar surface area (TPSA) is 99.8 Å². The summed E-state index contributed by atoms with van der Waals surface area (Å²) in [7, 11) is 0. The number of anilines is 1. The van der Waals surface area contributed by atoms with Crippen LogP contribution >= 0.6 is 39.0 Å². The molecule has 0 aliphatic carbocycles. The lowest BCUT2D eigenvalue weighted by Gasteiger charge is -2.31. The lowest BCUT2D eigenvalue weighted by molar-refractivity contribution is -0.134. The molecule has 3 amide bonds. The van der Waals surface area contributed by atoms with E-state index in [0.717, 1.165) is 48.2 Å². The Labute approximate surface area is 235 Å². The summed E-state index contributed by atoms with van der Waals surface area (Å²) in [4.78, 5) is 59.2. The third-order valence-electron chi connectivity index (χ3n) is 7.21. The molecule has 4 heterocycles. The molecule has 3 aliphatic heterocycles. The Morgan fingerprint density at radius 2 is 1.79 bits per heavy atom. The van der Waals surface area contributed by atoms with Gasteiger partial charge in [-0.25, -0.2) is 4.90 Å². The van der Waals surface area contributed by atoms with Crippen LogP contribution in [0.4, 0.5) is 5.69 Å². The van der Waals surface area contributed by atoms with Gasteiger partial charge in [-0.05, 0) is 49.6 Å². The predicted octanol–water partition coefficient (Wildman–Crippen LogP) is 4.39. The third kappa shape index (κ3) is 4.50. The molecule has 1 aromatic heterocycles. The van der Waals surface area contributed by atoms with Crippen molar-refractivity contribution in [1.82, 2.24) is 9.88 Å². The molecule has 2 unspecified atom stereocenters. The number of H-pyrrole nitrogens is 1. The second-order valence-electron chi connectivity index (χ2n) is 9.51. The van der Waals surface area contributed by atoms with Crippen LogP contribution in [0.1, 0.15) is 35.6 Å². The number of halogens is 1. The quantitative estimate of drug-likeness (QED) is 0.429. The molecule has 0 radical (unpaired) electrons. The van der Waals surface area contributed by atoms with E-state index in [1.54, 1.807) is 30.3 Å². The van der Waals surface area contributed by atoms with Gasteiger partial charge in [0.2, 0.25) is 11.8 Å². The Balaban J connectivity index is 1.39. The van der Waals surface area contributed by atoms with E-state index >= 15 is 0 Å². The van der Waals surface area contributed by atoms with Gasteiger partial charge in [0.1, 0.15) is 11.0 Å². The van der Waals surface area contributed by atoms with Crippen LogP contribution in [0.5, 0.6) is 5.75 Å². The summed E-state index contributed by atoms with van der Waals surface area (Å²) in [5.41, 5.74) is 1.18. The van der Waals surface area contributed by atoms with E-state index in [-0.39, 0.29) is 29.2 Å². The lowest BCUT2D eigenvalue weighted by Crippen LogP contribution is -2.38. The fourth-order valence-corrected chi connectivity index (χ4v) is 8.34. The Morgan fingerprint density at radius 1 is 1.03 bits per heavy atom. The Bertz CT molecular complexity index is 1470. The maximum Gasteiger partial charge on any atom is 0.305 e. The van der Waals surface area contributed by atoms with Gasteiger partial charge in [0, 0.05) is 33.9 Å². The zero-order chi connectivity index (χ0) is 26.4. The summed E-state index contributed by atoms with van der Waals surface area (Å²) >= 11 is 5.81. The fourth-order valence-electron chi connectivity index (χ4n) is 5.45. The van der Waals surface area contributed by atoms with Gasteiger partial charge in [-0.3, -0.25) is 19.2 Å². The second kappa shape index (κ2) is 10.3. The molecule has 2 aromatic carbocycles. The SMILES string of the molecule is O=C(COc1ccc(Br)cc1[C@H]1c2sc(=O)[nH]c2SC2C(=O)N(c3ccccc3)C(=O)C21)N1CCCCC1. The average Bonchev–Trinajstić information content (AvgIpc) is 3.42. The zero-order valence-electron chi connectivity index (χ0n) is 20.2. The number of nitrogens with zero attached hydrogens (tertiary/aromatic N) is 2. The van der Waals surface area contributed by atoms with Gasteiger partial charge < -0.3 is 14.6 Å². The highest BCUT2D eigenvalue weighted by atomic mass is 79.9. The number of likely N-dealkylation sites (tertiary alicyclic amines) is 1. The van der Waals surface area contributed by atoms with Crippen molar-refractivity contribution in [3.63, 3.8) is 0 Å². The first-order valence-corrected chi connectivity index (χ1v) is 14.9. The number of rotatable bonds is 5. The third-order valence-corrected chi connectivity index (χ3v) is 10.1. The van der Waals surface area contributed by atoms with Crippen LogP contribution in [0.15, 0.2) is 62.8 Å². The van der Waals surface area contributed by atoms with Gasteiger partial charge in [0.05, 0.1) is 16.6 Å². The molecule has 0 saturated carbocycles. The van der Waals surface area contributed by atoms with E-state index in [0.29, 0.717) is 26.9 Å². The first-order valence-electron chi connectivity index (χ1n) is 12.4. The van der Waals surface area contributed by atoms with Crippen LogP contribution in [-0.4, -0.2) is 52.6 Å². The predicted molar refractivity (Wildman–Crippen MR) is 149 cm³/mol. The standard InChI is InChI=1S/C27H24BrN3O5S2/c28-15-9-10-18(36-14-19(32)30-11-5-2-6-12-30)17(13-15)20-21-23(37-24-22(20)38-27(35)29-24)26(34)31(25(21)33)16-7-3-1-4-8-16/h1,3-4,7-10,13,20-21,23H,2,5-6,11-12,14H2,(H,29,35)/t20-,21?,23?/m1/s1. The maximum atomic E-state index is 13.9. The maximum absolute atomic E-state index is 13.9. The van der Waals surface area contributed by atoms with E-state index in [1.807, 2.05) is 23.1 Å². The number of nitrogens with one attached hydrogen (secondary N) is 1. The number of fused-ring (bicyclic) bond motifs is 2. The normalized spacial score (nSPS) is 22.8. The number of piperidine rings is 1. The molecule has 1 N–H and O–H groups in total. The number of carbonyl (C=O) groups is 3. The molecular weight excluding hydrogens is 590 g/mol. The smallest absolute Gasteiger partial charge is 0.305 e. The number of thioether (sulfide) groups is 1. The lowest BCUT2D eigenvalue weighted by atomic mass is 9.82. The molecule has 0 spiro atoms. The largest absolute Gasteiger partial charge is 0.483 e. The van der Waals surface area contributed by atoms with Crippen LogP contribution in [0.25, 0.3) is 0 Å². The molecule has 3 aromatic rings. The van der Waals surface area contributed by atoms with Crippen LogP contribution in [0.2, 0.25) is 0 Å². The molecule has 3 atom stereocenters. The Morgan fingerprint density at radius 3 is 2.55 bits per heavy atom. The Hall–Kier alpha value is -2.89. The number of benzene rings is 2. The highest BCUT2D eigenvalue weighted by molar-refractivity contribution is 9.10. The van der Waals surface area contributed by atoms with E-state index in [2.05, 4.69) is 20.9 Å². The van der Waals surface area contributed by atoms with Crippen LogP contribution in [0, 0.1) is 5.92 Å². The van der Waals surface area contributed by atoms with Crippen molar-refractivity contribution in [3.8, 4) is 5.75 Å². The number of imide groups is 1. The fraction of sp³-hybridized carbons (Fsp3) is 0.333. The van der Waals surface area contributed by atoms with Crippen molar-refractivity contribution in [3.05, 3.63) is 73.1 Å². The monoisotopic (exact) mass is 613 g/mol. The highest BCUT2D eigenvalue weighted by Crippen LogP contribution is 2.54. The first-order chi connectivity index (χ1) is 18.4. The summed E-state index contributed by atoms with van der Waals surface area (Å²) in [6.45, 7) is 1.33. The molecule has 0 bridgehead atoms. The van der Waals surface area contributed by atoms with Crippen molar-refractivity contribution < 1.29 is 19.1 Å². The van der Waals surface area contributed by atoms with Crippen molar-refractivity contribution in [2.24, 2.45) is 5.92 Å². The number of para-hydroxylation sites is 1. The van der Waals surface area contributed by atoms with Crippen LogP contribution < -0.4 is 14.5 Å². The number of aromatic amines is 1. The summed E-state index contributed by atoms with van der Waals surface area (Å²) in [5.74, 6) is -1.57. The molecule has 2 fully saturated rings. The number of hydrogen-bond donors (Lipinski definition) is 1. The number of thiazole rings is 1. The minimum Gasteiger partial charge on any atom is -0.483 e. The molecule has 6 rings (SSSR count). The number of hydrogen-bond acceptors (Lipinski definition) is 7. The van der Waals surface area contributed by atoms with E-state index in [4.69, 9.17) is 4.74 Å². The number of carbonyl (C=O) groups excluding carboxylic acids is 3. The van der Waals surface area contributed by atoms with Gasteiger partial charge in [-0.1, -0.05) is 57.2 Å². The van der Waals surface area contributed by atoms with Gasteiger partial charge in [-0.15, -0.1) is 0 Å². The summed E-state index contributed by atoms with van der Waals surface area (Å²) in [6.07, 6.45) is 3.10. The van der Waals surface area contributed by atoms with E-state index in [9.17, 15) is 19.2 Å². The van der Waals surface area contributed by atoms with Gasteiger partial charge >= 0.3 is 4.87 Å². The highest BCUT2D eigenvalue weighted by Gasteiger charge is 2.56. The second-order valence-corrected chi connectivity index (χ2v) is 12.6. The number of amides is 3. The van der Waals surface area contributed by atoms with Crippen LogP contribution in [-0.2, 0) is 14.4 Å². The van der Waals surface area contributed by atoms with Gasteiger partial charge in [-0.2, -0.15) is 0 Å². The van der Waals surface area contributed by atoms with Crippen LogP contribution in [0.3, 0.4) is 0 Å². The molecular formula is C27H24BrN3O5S2. The summed E-state index contributed by atoms with van der Waals surface area (Å²) in [6, 6.07) is 14.3. The molecule has 8 nitrogen and oxygen atoms in total. The Kier molecular flexibility index (Phi) is 6.92. The zero-order valence-corrected chi connectivity index (χ0v) is 23.4. The summed E-state index contributed by atoms with van der Waals surface area (Å²) in [5, 5.41) is -0.107. The van der Waals surface area contributed by atoms with E-state index < -0.39 is 17.1 Å². The van der Waals surface area contributed by atoms with Crippen molar-refractivity contribution in [1.29, 1.82) is 0 Å². The average molecular weight is 615 g/mol. The van der Waals surface area contributed by atoms with Gasteiger partial charge in [0.25, 0.3) is 5.91 Å². The molecule has 38 heavy (non-hydrogen) atoms. The van der Waals surface area contributed by atoms with Crippen molar-refractivity contribution in [2.75, 3.05) is 24.6 Å².